The maximum Gasteiger partial charge on any atom is 0.269 e. The normalized spacial score (nSPS) is 10.5. The molecule has 3 rings (SSSR count). The van der Waals surface area contributed by atoms with Crippen molar-refractivity contribution >= 4 is 11.4 Å². The lowest BCUT2D eigenvalue weighted by molar-refractivity contribution is -0.384. The molecule has 0 aromatic heterocycles. The number of non-ortho nitro benzene ring substituents is 1. The molecule has 0 fully saturated rings. The monoisotopic (exact) mass is 421 g/mol. The van der Waals surface area contributed by atoms with Crippen LogP contribution in [0.4, 0.5) is 11.4 Å². The smallest absolute Gasteiger partial charge is 0.269 e. The van der Waals surface area contributed by atoms with Crippen molar-refractivity contribution in [2.75, 3.05) is 25.5 Å². The van der Waals surface area contributed by atoms with E-state index >= 15 is 0 Å². The fourth-order valence-corrected chi connectivity index (χ4v) is 3.02. The Bertz CT molecular complexity index is 989. The number of hydrogen-bond acceptors (Lipinski definition) is 6. The van der Waals surface area contributed by atoms with Gasteiger partial charge in [-0.05, 0) is 42.3 Å². The molecule has 0 aliphatic rings. The minimum atomic E-state index is -0.404. The van der Waals surface area contributed by atoms with E-state index in [4.69, 9.17) is 9.47 Å². The Hall–Kier alpha value is -3.58. The third-order valence-corrected chi connectivity index (χ3v) is 4.78. The van der Waals surface area contributed by atoms with Crippen LogP contribution in [0.2, 0.25) is 0 Å². The first-order chi connectivity index (χ1) is 15.0. The molecule has 0 spiro atoms. The second kappa shape index (κ2) is 11.0. The highest BCUT2D eigenvalue weighted by atomic mass is 16.6. The molecule has 162 valence electrons. The number of nitrogens with zero attached hydrogens (tertiary/aromatic N) is 1. The SMILES string of the molecule is COc1cc(CNCCNc2ccc([N+](=O)[O-])cc2)ccc1OCc1ccc(C)cc1. The summed E-state index contributed by atoms with van der Waals surface area (Å²) in [5.74, 6) is 1.42. The van der Waals surface area contributed by atoms with E-state index in [2.05, 4.69) is 41.8 Å². The van der Waals surface area contributed by atoms with Gasteiger partial charge in [-0.15, -0.1) is 0 Å². The van der Waals surface area contributed by atoms with Gasteiger partial charge in [0.2, 0.25) is 0 Å². The number of rotatable bonds is 11. The summed E-state index contributed by atoms with van der Waals surface area (Å²) in [7, 11) is 1.64. The quantitative estimate of drug-likeness (QED) is 0.265. The summed E-state index contributed by atoms with van der Waals surface area (Å²) in [4.78, 5) is 10.3. The minimum absolute atomic E-state index is 0.0870. The third-order valence-electron chi connectivity index (χ3n) is 4.78. The average Bonchev–Trinajstić information content (AvgIpc) is 2.79. The predicted molar refractivity (Wildman–Crippen MR) is 122 cm³/mol. The fraction of sp³-hybridized carbons (Fsp3) is 0.250. The molecular weight excluding hydrogens is 394 g/mol. The van der Waals surface area contributed by atoms with Crippen molar-refractivity contribution in [3.63, 3.8) is 0 Å². The van der Waals surface area contributed by atoms with Crippen LogP contribution in [-0.4, -0.2) is 25.1 Å². The molecule has 0 aliphatic heterocycles. The lowest BCUT2D eigenvalue weighted by Gasteiger charge is -2.13. The molecule has 0 radical (unpaired) electrons. The van der Waals surface area contributed by atoms with Crippen LogP contribution in [-0.2, 0) is 13.2 Å². The van der Waals surface area contributed by atoms with Crippen LogP contribution in [0.5, 0.6) is 11.5 Å². The number of aryl methyl sites for hydroxylation is 1. The molecule has 0 amide bonds. The third kappa shape index (κ3) is 6.72. The molecule has 0 atom stereocenters. The Morgan fingerprint density at radius 1 is 0.903 bits per heavy atom. The number of nitro benzene ring substituents is 1. The van der Waals surface area contributed by atoms with Crippen LogP contribution in [0.15, 0.2) is 66.7 Å². The summed E-state index contributed by atoms with van der Waals surface area (Å²) >= 11 is 0. The molecule has 0 saturated carbocycles. The standard InChI is InChI=1S/C24H27N3O4/c1-18-3-5-19(6-4-18)17-31-23-12-7-20(15-24(23)30-2)16-25-13-14-26-21-8-10-22(11-9-21)27(28)29/h3-12,15,25-26H,13-14,16-17H2,1-2H3. The van der Waals surface area contributed by atoms with Crippen LogP contribution in [0.25, 0.3) is 0 Å². The van der Waals surface area contributed by atoms with E-state index in [1.165, 1.54) is 17.7 Å². The summed E-state index contributed by atoms with van der Waals surface area (Å²) in [6.45, 7) is 4.68. The van der Waals surface area contributed by atoms with Gasteiger partial charge < -0.3 is 20.1 Å². The molecule has 0 aliphatic carbocycles. The molecule has 2 N–H and O–H groups in total. The number of nitro groups is 1. The van der Waals surface area contributed by atoms with Crippen molar-refractivity contribution in [3.8, 4) is 11.5 Å². The molecule has 3 aromatic carbocycles. The maximum atomic E-state index is 10.7. The van der Waals surface area contributed by atoms with Crippen molar-refractivity contribution in [1.29, 1.82) is 0 Å². The second-order valence-corrected chi connectivity index (χ2v) is 7.17. The van der Waals surface area contributed by atoms with Gasteiger partial charge in [-0.2, -0.15) is 0 Å². The van der Waals surface area contributed by atoms with E-state index in [1.54, 1.807) is 19.2 Å². The largest absolute Gasteiger partial charge is 0.493 e. The number of methoxy groups -OCH3 is 1. The fourth-order valence-electron chi connectivity index (χ4n) is 3.02. The molecule has 3 aromatic rings. The van der Waals surface area contributed by atoms with Crippen molar-refractivity contribution < 1.29 is 14.4 Å². The number of ether oxygens (including phenoxy) is 2. The number of nitrogens with one attached hydrogen (secondary N) is 2. The zero-order chi connectivity index (χ0) is 22.1. The average molecular weight is 421 g/mol. The summed E-state index contributed by atoms with van der Waals surface area (Å²) in [6.07, 6.45) is 0. The van der Waals surface area contributed by atoms with Gasteiger partial charge in [0.25, 0.3) is 5.69 Å². The summed E-state index contributed by atoms with van der Waals surface area (Å²) < 4.78 is 11.4. The number of anilines is 1. The van der Waals surface area contributed by atoms with E-state index in [1.807, 2.05) is 18.2 Å². The van der Waals surface area contributed by atoms with Gasteiger partial charge in [-0.1, -0.05) is 35.9 Å². The maximum absolute atomic E-state index is 10.7. The first-order valence-corrected chi connectivity index (χ1v) is 10.1. The van der Waals surface area contributed by atoms with Crippen LogP contribution >= 0.6 is 0 Å². The molecule has 7 nitrogen and oxygen atoms in total. The first kappa shape index (κ1) is 22.1. The zero-order valence-electron chi connectivity index (χ0n) is 17.8. The minimum Gasteiger partial charge on any atom is -0.493 e. The first-order valence-electron chi connectivity index (χ1n) is 10.1. The van der Waals surface area contributed by atoms with Gasteiger partial charge in [0.05, 0.1) is 12.0 Å². The van der Waals surface area contributed by atoms with Gasteiger partial charge in [0.15, 0.2) is 11.5 Å². The Labute approximate surface area is 182 Å². The molecule has 0 heterocycles. The number of benzene rings is 3. The van der Waals surface area contributed by atoms with E-state index in [0.717, 1.165) is 23.4 Å². The molecular formula is C24H27N3O4. The summed E-state index contributed by atoms with van der Waals surface area (Å²) in [5, 5.41) is 17.3. The summed E-state index contributed by atoms with van der Waals surface area (Å²) in [5.41, 5.74) is 4.36. The van der Waals surface area contributed by atoms with Crippen molar-refractivity contribution in [2.45, 2.75) is 20.1 Å². The lowest BCUT2D eigenvalue weighted by atomic mass is 10.1. The van der Waals surface area contributed by atoms with Crippen molar-refractivity contribution in [1.82, 2.24) is 5.32 Å². The Kier molecular flexibility index (Phi) is 7.84. The van der Waals surface area contributed by atoms with Crippen LogP contribution in [0.3, 0.4) is 0 Å². The molecule has 7 heteroatoms. The van der Waals surface area contributed by atoms with Crippen molar-refractivity contribution in [2.24, 2.45) is 0 Å². The van der Waals surface area contributed by atoms with Gasteiger partial charge in [0, 0.05) is 37.5 Å². The van der Waals surface area contributed by atoms with Crippen LogP contribution < -0.4 is 20.1 Å². The van der Waals surface area contributed by atoms with E-state index < -0.39 is 4.92 Å². The van der Waals surface area contributed by atoms with Gasteiger partial charge in [0.1, 0.15) is 6.61 Å². The van der Waals surface area contributed by atoms with E-state index in [0.29, 0.717) is 31.2 Å². The zero-order valence-corrected chi connectivity index (χ0v) is 17.8. The topological polar surface area (TPSA) is 85.7 Å². The second-order valence-electron chi connectivity index (χ2n) is 7.17. The highest BCUT2D eigenvalue weighted by Gasteiger charge is 2.07. The molecule has 0 bridgehead atoms. The summed E-state index contributed by atoms with van der Waals surface area (Å²) in [6, 6.07) is 20.6. The highest BCUT2D eigenvalue weighted by Crippen LogP contribution is 2.29. The van der Waals surface area contributed by atoms with Crippen LogP contribution in [0.1, 0.15) is 16.7 Å². The lowest BCUT2D eigenvalue weighted by Crippen LogP contribution is -2.21. The Morgan fingerprint density at radius 3 is 2.29 bits per heavy atom. The highest BCUT2D eigenvalue weighted by molar-refractivity contribution is 5.48. The van der Waals surface area contributed by atoms with Gasteiger partial charge in [-0.3, -0.25) is 10.1 Å². The van der Waals surface area contributed by atoms with Gasteiger partial charge in [-0.25, -0.2) is 0 Å². The number of hydrogen-bond donors (Lipinski definition) is 2. The van der Waals surface area contributed by atoms with E-state index in [9.17, 15) is 10.1 Å². The molecule has 31 heavy (non-hydrogen) atoms. The van der Waals surface area contributed by atoms with E-state index in [-0.39, 0.29) is 5.69 Å². The van der Waals surface area contributed by atoms with Crippen LogP contribution in [0, 0.1) is 17.0 Å². The Balaban J connectivity index is 1.43. The Morgan fingerprint density at radius 2 is 1.61 bits per heavy atom. The molecule has 0 unspecified atom stereocenters. The predicted octanol–water partition coefficient (Wildman–Crippen LogP) is 4.69. The van der Waals surface area contributed by atoms with Crippen molar-refractivity contribution in [3.05, 3.63) is 93.5 Å². The van der Waals surface area contributed by atoms with Gasteiger partial charge >= 0.3 is 0 Å². The molecule has 0 saturated heterocycles.